The Morgan fingerprint density at radius 1 is 1.37 bits per heavy atom. The van der Waals surface area contributed by atoms with Crippen LogP contribution >= 0.6 is 0 Å². The van der Waals surface area contributed by atoms with Gasteiger partial charge in [-0.2, -0.15) is 5.10 Å². The van der Waals surface area contributed by atoms with E-state index in [1.165, 1.54) is 6.21 Å². The minimum absolute atomic E-state index is 0.0566. The summed E-state index contributed by atoms with van der Waals surface area (Å²) in [6.45, 7) is 5.09. The summed E-state index contributed by atoms with van der Waals surface area (Å²) in [6, 6.07) is 5.05. The van der Waals surface area contributed by atoms with Crippen molar-refractivity contribution < 1.29 is 13.2 Å². The maximum atomic E-state index is 11.9. The lowest BCUT2D eigenvalue weighted by Crippen LogP contribution is -2.15. The predicted octanol–water partition coefficient (Wildman–Crippen LogP) is 1.65. The van der Waals surface area contributed by atoms with Crippen LogP contribution in [0.2, 0.25) is 0 Å². The minimum Gasteiger partial charge on any atom is -0.273 e. The molecule has 0 unspecified atom stereocenters. The molecule has 0 spiro atoms. The van der Waals surface area contributed by atoms with E-state index in [2.05, 4.69) is 10.5 Å². The summed E-state index contributed by atoms with van der Waals surface area (Å²) in [6.07, 6.45) is 1.78. The fourth-order valence-electron chi connectivity index (χ4n) is 1.45. The lowest BCUT2D eigenvalue weighted by molar-refractivity contribution is -0.120. The van der Waals surface area contributed by atoms with Gasteiger partial charge >= 0.3 is 0 Å². The van der Waals surface area contributed by atoms with Gasteiger partial charge < -0.3 is 0 Å². The molecule has 0 aliphatic rings. The molecule has 6 heteroatoms. The van der Waals surface area contributed by atoms with E-state index in [1.54, 1.807) is 39.0 Å². The van der Waals surface area contributed by atoms with Crippen LogP contribution in [0.5, 0.6) is 0 Å². The van der Waals surface area contributed by atoms with E-state index in [0.717, 1.165) is 0 Å². The number of sulfone groups is 1. The zero-order chi connectivity index (χ0) is 14.5. The van der Waals surface area contributed by atoms with Crippen LogP contribution in [0.25, 0.3) is 0 Å². The minimum atomic E-state index is -3.25. The van der Waals surface area contributed by atoms with Crippen molar-refractivity contribution in [1.29, 1.82) is 0 Å². The molecule has 0 aliphatic carbocycles. The molecule has 104 valence electrons. The van der Waals surface area contributed by atoms with E-state index >= 15 is 0 Å². The quantitative estimate of drug-likeness (QED) is 0.659. The van der Waals surface area contributed by atoms with Crippen LogP contribution in [0, 0.1) is 6.92 Å². The van der Waals surface area contributed by atoms with Crippen molar-refractivity contribution in [2.45, 2.75) is 32.1 Å². The maximum absolute atomic E-state index is 11.9. The molecule has 0 atom stereocenters. The molecular weight excluding hydrogens is 264 g/mol. The van der Waals surface area contributed by atoms with Gasteiger partial charge in [-0.05, 0) is 24.1 Å². The lowest BCUT2D eigenvalue weighted by Gasteiger charge is -2.06. The van der Waals surface area contributed by atoms with Crippen molar-refractivity contribution in [3.8, 4) is 0 Å². The molecule has 19 heavy (non-hydrogen) atoms. The molecule has 0 fully saturated rings. The first kappa shape index (κ1) is 15.4. The highest BCUT2D eigenvalue weighted by molar-refractivity contribution is 7.91. The van der Waals surface area contributed by atoms with Crippen molar-refractivity contribution >= 4 is 22.0 Å². The molecule has 1 aromatic carbocycles. The Morgan fingerprint density at radius 2 is 2.05 bits per heavy atom. The first-order valence-electron chi connectivity index (χ1n) is 6.06. The van der Waals surface area contributed by atoms with Crippen LogP contribution in [-0.4, -0.2) is 26.3 Å². The van der Waals surface area contributed by atoms with Gasteiger partial charge in [-0.3, -0.25) is 4.79 Å². The van der Waals surface area contributed by atoms with Gasteiger partial charge in [0.2, 0.25) is 5.91 Å². The zero-order valence-corrected chi connectivity index (χ0v) is 12.1. The Hall–Kier alpha value is -1.69. The Bertz CT molecular complexity index is 592. The van der Waals surface area contributed by atoms with Gasteiger partial charge in [0.25, 0.3) is 0 Å². The number of hydrazone groups is 1. The fraction of sp³-hybridized carbons (Fsp3) is 0.385. The number of carbonyl (C=O) groups is 1. The highest BCUT2D eigenvalue weighted by Crippen LogP contribution is 2.17. The fourth-order valence-corrected chi connectivity index (χ4v) is 2.63. The smallest absolute Gasteiger partial charge is 0.239 e. The molecule has 0 heterocycles. The number of rotatable bonds is 5. The zero-order valence-electron chi connectivity index (χ0n) is 11.3. The Kier molecular flexibility index (Phi) is 5.23. The summed E-state index contributed by atoms with van der Waals surface area (Å²) in [5.41, 5.74) is 3.69. The number of carbonyl (C=O) groups excluding carboxylic acids is 1. The average molecular weight is 282 g/mol. The maximum Gasteiger partial charge on any atom is 0.239 e. The summed E-state index contributed by atoms with van der Waals surface area (Å²) in [7, 11) is -3.25. The van der Waals surface area contributed by atoms with E-state index in [9.17, 15) is 13.2 Å². The van der Waals surface area contributed by atoms with Gasteiger partial charge in [0.15, 0.2) is 9.84 Å². The average Bonchev–Trinajstić information content (AvgIpc) is 2.40. The van der Waals surface area contributed by atoms with Gasteiger partial charge in [0.05, 0.1) is 16.9 Å². The van der Waals surface area contributed by atoms with Gasteiger partial charge in [-0.15, -0.1) is 0 Å². The Morgan fingerprint density at radius 3 is 2.63 bits per heavy atom. The number of nitrogens with zero attached hydrogens (tertiary/aromatic N) is 1. The highest BCUT2D eigenvalue weighted by Gasteiger charge is 2.14. The molecule has 1 N–H and O–H groups in total. The third-order valence-corrected chi connectivity index (χ3v) is 4.52. The summed E-state index contributed by atoms with van der Waals surface area (Å²) in [5.74, 6) is -0.133. The summed E-state index contributed by atoms with van der Waals surface area (Å²) >= 11 is 0. The molecule has 0 aromatic heterocycles. The van der Waals surface area contributed by atoms with Crippen molar-refractivity contribution in [3.63, 3.8) is 0 Å². The number of aryl methyl sites for hydroxylation is 1. The molecule has 1 amide bonds. The Balaban J connectivity index is 3.01. The van der Waals surface area contributed by atoms with E-state index in [-0.39, 0.29) is 11.7 Å². The van der Waals surface area contributed by atoms with Crippen LogP contribution in [0.4, 0.5) is 0 Å². The second-order valence-electron chi connectivity index (χ2n) is 4.08. The normalized spacial score (nSPS) is 11.7. The van der Waals surface area contributed by atoms with Crippen molar-refractivity contribution in [1.82, 2.24) is 5.43 Å². The highest BCUT2D eigenvalue weighted by atomic mass is 32.2. The van der Waals surface area contributed by atoms with Crippen molar-refractivity contribution in [3.05, 3.63) is 29.3 Å². The largest absolute Gasteiger partial charge is 0.273 e. The van der Waals surface area contributed by atoms with Gasteiger partial charge in [-0.25, -0.2) is 13.8 Å². The standard InChI is InChI=1S/C13H18N2O3S/c1-4-13(16)15-14-9-11-7-6-10(3)12(8-11)19(17,18)5-2/h6-9H,4-5H2,1-3H3,(H,15,16)/b14-9+. The predicted molar refractivity (Wildman–Crippen MR) is 74.9 cm³/mol. The van der Waals surface area contributed by atoms with Gasteiger partial charge in [0, 0.05) is 6.42 Å². The van der Waals surface area contributed by atoms with Crippen LogP contribution in [0.15, 0.2) is 28.2 Å². The second-order valence-corrected chi connectivity index (χ2v) is 6.32. The van der Waals surface area contributed by atoms with E-state index in [0.29, 0.717) is 22.4 Å². The number of nitrogens with one attached hydrogen (secondary N) is 1. The monoisotopic (exact) mass is 282 g/mol. The number of benzene rings is 1. The summed E-state index contributed by atoms with van der Waals surface area (Å²) in [5, 5.41) is 3.77. The molecular formula is C13H18N2O3S. The molecule has 1 aromatic rings. The second kappa shape index (κ2) is 6.47. The number of hydrogen-bond donors (Lipinski definition) is 1. The van der Waals surface area contributed by atoms with Crippen LogP contribution < -0.4 is 5.43 Å². The van der Waals surface area contributed by atoms with Crippen LogP contribution in [0.1, 0.15) is 31.4 Å². The number of amides is 1. The topological polar surface area (TPSA) is 75.6 Å². The molecule has 0 bridgehead atoms. The third kappa shape index (κ3) is 4.17. The van der Waals surface area contributed by atoms with E-state index < -0.39 is 9.84 Å². The molecule has 0 saturated heterocycles. The van der Waals surface area contributed by atoms with E-state index in [4.69, 9.17) is 0 Å². The molecule has 0 aliphatic heterocycles. The van der Waals surface area contributed by atoms with Gasteiger partial charge in [-0.1, -0.05) is 26.0 Å². The van der Waals surface area contributed by atoms with Crippen LogP contribution in [-0.2, 0) is 14.6 Å². The Labute approximate surface area is 113 Å². The number of hydrogen-bond acceptors (Lipinski definition) is 4. The molecule has 5 nitrogen and oxygen atoms in total. The summed E-state index contributed by atoms with van der Waals surface area (Å²) in [4.78, 5) is 11.3. The summed E-state index contributed by atoms with van der Waals surface area (Å²) < 4.78 is 23.8. The van der Waals surface area contributed by atoms with Crippen molar-refractivity contribution in [2.75, 3.05) is 5.75 Å². The molecule has 0 saturated carbocycles. The molecule has 1 rings (SSSR count). The first-order valence-corrected chi connectivity index (χ1v) is 7.71. The third-order valence-electron chi connectivity index (χ3n) is 2.65. The van der Waals surface area contributed by atoms with Gasteiger partial charge in [0.1, 0.15) is 0 Å². The molecule has 0 radical (unpaired) electrons. The van der Waals surface area contributed by atoms with Crippen LogP contribution in [0.3, 0.4) is 0 Å². The van der Waals surface area contributed by atoms with Crippen molar-refractivity contribution in [2.24, 2.45) is 5.10 Å². The van der Waals surface area contributed by atoms with E-state index in [1.807, 2.05) is 0 Å². The first-order chi connectivity index (χ1) is 8.90. The lowest BCUT2D eigenvalue weighted by atomic mass is 10.2. The SMILES string of the molecule is CCC(=O)N/N=C/c1ccc(C)c(S(=O)(=O)CC)c1.